The van der Waals surface area contributed by atoms with Crippen molar-refractivity contribution in [1.82, 2.24) is 15.1 Å². The minimum absolute atomic E-state index is 0.0657. The molecule has 0 bridgehead atoms. The lowest BCUT2D eigenvalue weighted by Crippen LogP contribution is -2.25. The summed E-state index contributed by atoms with van der Waals surface area (Å²) in [5.41, 5.74) is 2.19. The maximum atomic E-state index is 11.9. The number of benzene rings is 1. The summed E-state index contributed by atoms with van der Waals surface area (Å²) >= 11 is 0. The molecule has 132 valence electrons. The van der Waals surface area contributed by atoms with Crippen molar-refractivity contribution in [2.75, 3.05) is 6.54 Å². The van der Waals surface area contributed by atoms with Crippen LogP contribution in [0.15, 0.2) is 40.8 Å². The quantitative estimate of drug-likeness (QED) is 0.637. The second kappa shape index (κ2) is 8.01. The number of aryl methyl sites for hydroxylation is 4. The van der Waals surface area contributed by atoms with Gasteiger partial charge in [-0.05, 0) is 31.5 Å². The number of carbonyl (C=O) groups is 1. The molecule has 3 rings (SSSR count). The van der Waals surface area contributed by atoms with Gasteiger partial charge in [0.05, 0.1) is 11.2 Å². The van der Waals surface area contributed by atoms with Crippen LogP contribution in [-0.4, -0.2) is 22.2 Å². The molecule has 3 aromatic rings. The molecule has 2 aromatic heterocycles. The number of nitrogens with zero attached hydrogens (tertiary/aromatic N) is 2. The van der Waals surface area contributed by atoms with Gasteiger partial charge < -0.3 is 9.73 Å². The first-order valence-electron chi connectivity index (χ1n) is 8.94. The minimum Gasteiger partial charge on any atom is -0.466 e. The van der Waals surface area contributed by atoms with Crippen LogP contribution in [0.1, 0.15) is 37.0 Å². The van der Waals surface area contributed by atoms with Gasteiger partial charge in [0.15, 0.2) is 0 Å². The van der Waals surface area contributed by atoms with Crippen LogP contribution in [0.3, 0.4) is 0 Å². The molecule has 0 spiro atoms. The highest BCUT2D eigenvalue weighted by atomic mass is 16.3. The number of nitrogens with one attached hydrogen (secondary N) is 1. The van der Waals surface area contributed by atoms with Crippen LogP contribution in [0.25, 0.3) is 10.9 Å². The molecule has 1 amide bonds. The number of amides is 1. The van der Waals surface area contributed by atoms with E-state index in [2.05, 4.69) is 29.5 Å². The fourth-order valence-corrected chi connectivity index (χ4v) is 2.99. The Morgan fingerprint density at radius 2 is 2.00 bits per heavy atom. The molecule has 1 aromatic carbocycles. The van der Waals surface area contributed by atoms with Crippen molar-refractivity contribution in [3.8, 4) is 0 Å². The number of carbonyl (C=O) groups excluding carboxylic acids is 1. The van der Waals surface area contributed by atoms with Crippen LogP contribution in [0.5, 0.6) is 0 Å². The van der Waals surface area contributed by atoms with Crippen molar-refractivity contribution in [1.29, 1.82) is 0 Å². The summed E-state index contributed by atoms with van der Waals surface area (Å²) in [5, 5.41) is 8.75. The summed E-state index contributed by atoms with van der Waals surface area (Å²) in [6, 6.07) is 12.2. The molecule has 25 heavy (non-hydrogen) atoms. The minimum atomic E-state index is 0.0657. The molecule has 0 aliphatic rings. The summed E-state index contributed by atoms with van der Waals surface area (Å²) in [6.45, 7) is 5.54. The van der Waals surface area contributed by atoms with Crippen LogP contribution in [-0.2, 0) is 24.2 Å². The van der Waals surface area contributed by atoms with E-state index in [0.717, 1.165) is 42.1 Å². The standard InChI is InChI=1S/C20H25N3O2/c1-3-16-9-10-17(25-16)11-12-20(24)21-13-6-14-23-19-8-5-4-7-18(19)15(2)22-23/h4-5,7-10H,3,6,11-14H2,1-2H3,(H,21,24). The molecule has 5 nitrogen and oxygen atoms in total. The Balaban J connectivity index is 1.41. The maximum Gasteiger partial charge on any atom is 0.220 e. The van der Waals surface area contributed by atoms with Crippen LogP contribution >= 0.6 is 0 Å². The predicted octanol–water partition coefficient (Wildman–Crippen LogP) is 3.64. The largest absolute Gasteiger partial charge is 0.466 e. The molecular weight excluding hydrogens is 314 g/mol. The van der Waals surface area contributed by atoms with Gasteiger partial charge in [0.25, 0.3) is 0 Å². The Labute approximate surface area is 148 Å². The van der Waals surface area contributed by atoms with Crippen molar-refractivity contribution in [2.45, 2.75) is 46.1 Å². The lowest BCUT2D eigenvalue weighted by Gasteiger charge is -2.06. The van der Waals surface area contributed by atoms with E-state index in [1.54, 1.807) is 0 Å². The van der Waals surface area contributed by atoms with E-state index in [1.165, 1.54) is 5.39 Å². The van der Waals surface area contributed by atoms with Crippen molar-refractivity contribution in [2.24, 2.45) is 0 Å². The Hall–Kier alpha value is -2.56. The molecule has 0 saturated carbocycles. The highest BCUT2D eigenvalue weighted by Gasteiger charge is 2.07. The van der Waals surface area contributed by atoms with Gasteiger partial charge in [-0.2, -0.15) is 5.10 Å². The van der Waals surface area contributed by atoms with Gasteiger partial charge in [-0.15, -0.1) is 0 Å². The number of para-hydroxylation sites is 1. The first-order valence-corrected chi connectivity index (χ1v) is 8.94. The molecule has 0 radical (unpaired) electrons. The second-order valence-electron chi connectivity index (χ2n) is 6.25. The molecule has 0 fully saturated rings. The topological polar surface area (TPSA) is 60.1 Å². The lowest BCUT2D eigenvalue weighted by molar-refractivity contribution is -0.121. The third-order valence-electron chi connectivity index (χ3n) is 4.38. The fraction of sp³-hybridized carbons (Fsp3) is 0.400. The number of fused-ring (bicyclic) bond motifs is 1. The molecule has 0 atom stereocenters. The van der Waals surface area contributed by atoms with Crippen molar-refractivity contribution in [3.63, 3.8) is 0 Å². The smallest absolute Gasteiger partial charge is 0.220 e. The van der Waals surface area contributed by atoms with Gasteiger partial charge in [0, 0.05) is 37.7 Å². The van der Waals surface area contributed by atoms with Crippen LogP contribution in [0.4, 0.5) is 0 Å². The highest BCUT2D eigenvalue weighted by Crippen LogP contribution is 2.17. The maximum absolute atomic E-state index is 11.9. The molecule has 0 unspecified atom stereocenters. The Kier molecular flexibility index (Phi) is 5.53. The predicted molar refractivity (Wildman–Crippen MR) is 98.5 cm³/mol. The van der Waals surface area contributed by atoms with Crippen molar-refractivity contribution < 1.29 is 9.21 Å². The van der Waals surface area contributed by atoms with E-state index in [9.17, 15) is 4.79 Å². The summed E-state index contributed by atoms with van der Waals surface area (Å²) in [5.74, 6) is 1.92. The fourth-order valence-electron chi connectivity index (χ4n) is 2.99. The van der Waals surface area contributed by atoms with Crippen molar-refractivity contribution >= 4 is 16.8 Å². The normalized spacial score (nSPS) is 11.1. The van der Waals surface area contributed by atoms with E-state index in [4.69, 9.17) is 4.42 Å². The molecule has 0 aliphatic carbocycles. The zero-order valence-electron chi connectivity index (χ0n) is 14.9. The molecule has 5 heteroatoms. The SMILES string of the molecule is CCc1ccc(CCC(=O)NCCCn2nc(C)c3ccccc32)o1. The van der Waals surface area contributed by atoms with Gasteiger partial charge in [0.2, 0.25) is 5.91 Å². The zero-order chi connectivity index (χ0) is 17.6. The molecule has 0 saturated heterocycles. The molecule has 2 heterocycles. The number of furan rings is 1. The van der Waals surface area contributed by atoms with Gasteiger partial charge in [-0.3, -0.25) is 9.48 Å². The first-order chi connectivity index (χ1) is 12.2. The highest BCUT2D eigenvalue weighted by molar-refractivity contribution is 5.81. The Bertz CT molecular complexity index is 848. The average molecular weight is 339 g/mol. The van der Waals surface area contributed by atoms with E-state index in [1.807, 2.05) is 35.9 Å². The first kappa shape index (κ1) is 17.3. The molecule has 1 N–H and O–H groups in total. The van der Waals surface area contributed by atoms with Gasteiger partial charge >= 0.3 is 0 Å². The summed E-state index contributed by atoms with van der Waals surface area (Å²) in [7, 11) is 0. The summed E-state index contributed by atoms with van der Waals surface area (Å²) in [6.07, 6.45) is 2.85. The Morgan fingerprint density at radius 3 is 2.80 bits per heavy atom. The number of hydrogen-bond acceptors (Lipinski definition) is 3. The third-order valence-corrected chi connectivity index (χ3v) is 4.38. The number of rotatable bonds is 8. The van der Waals surface area contributed by atoms with Crippen LogP contribution in [0, 0.1) is 6.92 Å². The van der Waals surface area contributed by atoms with E-state index >= 15 is 0 Å². The number of aromatic nitrogens is 2. The van der Waals surface area contributed by atoms with Crippen molar-refractivity contribution in [3.05, 3.63) is 53.6 Å². The molecular formula is C20H25N3O2. The van der Waals surface area contributed by atoms with Gasteiger partial charge in [-0.25, -0.2) is 0 Å². The van der Waals surface area contributed by atoms with E-state index in [0.29, 0.717) is 19.4 Å². The van der Waals surface area contributed by atoms with E-state index < -0.39 is 0 Å². The second-order valence-corrected chi connectivity index (χ2v) is 6.25. The lowest BCUT2D eigenvalue weighted by atomic mass is 10.2. The molecule has 0 aliphatic heterocycles. The van der Waals surface area contributed by atoms with Crippen LogP contribution in [0.2, 0.25) is 0 Å². The summed E-state index contributed by atoms with van der Waals surface area (Å²) in [4.78, 5) is 11.9. The Morgan fingerprint density at radius 1 is 1.20 bits per heavy atom. The monoisotopic (exact) mass is 339 g/mol. The van der Waals surface area contributed by atoms with Crippen LogP contribution < -0.4 is 5.32 Å². The van der Waals surface area contributed by atoms with Gasteiger partial charge in [0.1, 0.15) is 11.5 Å². The number of hydrogen-bond donors (Lipinski definition) is 1. The zero-order valence-corrected chi connectivity index (χ0v) is 14.9. The van der Waals surface area contributed by atoms with E-state index in [-0.39, 0.29) is 5.91 Å². The van der Waals surface area contributed by atoms with Gasteiger partial charge in [-0.1, -0.05) is 25.1 Å². The third kappa shape index (κ3) is 4.29. The average Bonchev–Trinajstić information content (AvgIpc) is 3.22. The summed E-state index contributed by atoms with van der Waals surface area (Å²) < 4.78 is 7.64.